The van der Waals surface area contributed by atoms with E-state index in [1.165, 1.54) is 11.3 Å². The van der Waals surface area contributed by atoms with Crippen LogP contribution >= 0.6 is 11.3 Å². The molecule has 0 spiro atoms. The van der Waals surface area contributed by atoms with Crippen LogP contribution < -0.4 is 10.1 Å². The van der Waals surface area contributed by atoms with Crippen molar-refractivity contribution in [2.75, 3.05) is 11.9 Å². The molecule has 0 saturated heterocycles. The van der Waals surface area contributed by atoms with Crippen LogP contribution in [-0.4, -0.2) is 28.3 Å². The fourth-order valence-corrected chi connectivity index (χ4v) is 4.10. The van der Waals surface area contributed by atoms with Gasteiger partial charge < -0.3 is 14.8 Å². The predicted octanol–water partition coefficient (Wildman–Crippen LogP) is 3.88. The number of hydrogen-bond acceptors (Lipinski definition) is 6. The van der Waals surface area contributed by atoms with Gasteiger partial charge in [0.15, 0.2) is 6.61 Å². The van der Waals surface area contributed by atoms with Gasteiger partial charge in [-0.1, -0.05) is 12.1 Å². The number of fused-ring (bicyclic) bond motifs is 3. The van der Waals surface area contributed by atoms with Crippen LogP contribution in [0.1, 0.15) is 35.1 Å². The van der Waals surface area contributed by atoms with Crippen LogP contribution in [0.2, 0.25) is 0 Å². The third-order valence-electron chi connectivity index (χ3n) is 4.29. The number of rotatable bonds is 5. The van der Waals surface area contributed by atoms with E-state index < -0.39 is 11.9 Å². The maximum absolute atomic E-state index is 12.4. The lowest BCUT2D eigenvalue weighted by Gasteiger charge is -2.16. The van der Waals surface area contributed by atoms with E-state index in [1.54, 1.807) is 23.0 Å². The molecule has 1 amide bonds. The fraction of sp³-hybridized carbons (Fsp3) is 0.250. The molecule has 7 nitrogen and oxygen atoms in total. The highest BCUT2D eigenvalue weighted by atomic mass is 32.1. The van der Waals surface area contributed by atoms with Crippen molar-refractivity contribution in [2.24, 2.45) is 0 Å². The number of ether oxygens (including phenoxy) is 2. The summed E-state index contributed by atoms with van der Waals surface area (Å²) in [5.41, 5.74) is 1.91. The van der Waals surface area contributed by atoms with E-state index >= 15 is 0 Å². The largest absolute Gasteiger partial charge is 0.488 e. The average molecular weight is 397 g/mol. The Morgan fingerprint density at radius 3 is 2.96 bits per heavy atom. The average Bonchev–Trinajstić information content (AvgIpc) is 3.33. The summed E-state index contributed by atoms with van der Waals surface area (Å²) >= 11 is 1.35. The highest BCUT2D eigenvalue weighted by molar-refractivity contribution is 7.17. The van der Waals surface area contributed by atoms with Gasteiger partial charge in [-0.3, -0.25) is 4.79 Å². The van der Waals surface area contributed by atoms with Crippen molar-refractivity contribution < 1.29 is 19.1 Å². The molecular formula is C20H19N3O4S. The molecule has 1 N–H and O–H groups in total. The maximum Gasteiger partial charge on any atom is 0.348 e. The van der Waals surface area contributed by atoms with Crippen molar-refractivity contribution in [3.8, 4) is 16.2 Å². The summed E-state index contributed by atoms with van der Waals surface area (Å²) < 4.78 is 12.6. The molecule has 0 aliphatic carbocycles. The Bertz CT molecular complexity index is 1040. The Morgan fingerprint density at radius 2 is 2.14 bits per heavy atom. The Hall–Kier alpha value is -3.13. The molecule has 1 aromatic carbocycles. The van der Waals surface area contributed by atoms with Gasteiger partial charge in [0.25, 0.3) is 5.91 Å². The lowest BCUT2D eigenvalue weighted by Crippen LogP contribution is -2.22. The van der Waals surface area contributed by atoms with Gasteiger partial charge in [-0.25, -0.2) is 9.48 Å². The minimum absolute atomic E-state index is 0.107. The van der Waals surface area contributed by atoms with Crippen LogP contribution in [0.4, 0.5) is 5.82 Å². The number of aromatic nitrogens is 2. The molecule has 1 aliphatic heterocycles. The van der Waals surface area contributed by atoms with Crippen LogP contribution in [0.15, 0.2) is 42.6 Å². The van der Waals surface area contributed by atoms with Gasteiger partial charge in [-0.05, 0) is 32.0 Å². The zero-order chi connectivity index (χ0) is 19.7. The van der Waals surface area contributed by atoms with E-state index in [0.717, 1.165) is 21.8 Å². The number of hydrogen-bond donors (Lipinski definition) is 1. The number of carbonyl (C=O) groups is 2. The van der Waals surface area contributed by atoms with E-state index in [-0.39, 0.29) is 12.6 Å². The molecule has 144 valence electrons. The SMILES string of the molecule is CC(C)n1nccc1NC(=O)COC(=O)c1cc2c(s1)-c1ccccc1OC2. The van der Waals surface area contributed by atoms with Crippen molar-refractivity contribution in [3.63, 3.8) is 0 Å². The Morgan fingerprint density at radius 1 is 1.32 bits per heavy atom. The molecule has 0 atom stereocenters. The normalized spacial score (nSPS) is 12.1. The van der Waals surface area contributed by atoms with E-state index in [1.807, 2.05) is 38.1 Å². The Balaban J connectivity index is 1.41. The smallest absolute Gasteiger partial charge is 0.348 e. The number of carbonyl (C=O) groups excluding carboxylic acids is 2. The monoisotopic (exact) mass is 397 g/mol. The molecule has 0 saturated carbocycles. The first-order valence-electron chi connectivity index (χ1n) is 8.88. The summed E-state index contributed by atoms with van der Waals surface area (Å²) in [5, 5.41) is 6.86. The second-order valence-corrected chi connectivity index (χ2v) is 7.68. The number of nitrogens with zero attached hydrogens (tertiary/aromatic N) is 2. The molecule has 3 heterocycles. The Kier molecular flexibility index (Phi) is 4.87. The summed E-state index contributed by atoms with van der Waals surface area (Å²) in [5.74, 6) is 0.435. The molecule has 0 fully saturated rings. The van der Waals surface area contributed by atoms with E-state index in [2.05, 4.69) is 10.4 Å². The van der Waals surface area contributed by atoms with Crippen LogP contribution in [0, 0.1) is 0 Å². The first kappa shape index (κ1) is 18.2. The highest BCUT2D eigenvalue weighted by Crippen LogP contribution is 2.42. The summed E-state index contributed by atoms with van der Waals surface area (Å²) in [4.78, 5) is 26.0. The summed E-state index contributed by atoms with van der Waals surface area (Å²) in [6.07, 6.45) is 1.61. The van der Waals surface area contributed by atoms with Crippen molar-refractivity contribution in [1.82, 2.24) is 9.78 Å². The van der Waals surface area contributed by atoms with Crippen molar-refractivity contribution >= 4 is 29.0 Å². The van der Waals surface area contributed by atoms with E-state index in [0.29, 0.717) is 17.3 Å². The van der Waals surface area contributed by atoms with Crippen molar-refractivity contribution in [3.05, 3.63) is 53.0 Å². The van der Waals surface area contributed by atoms with Crippen molar-refractivity contribution in [2.45, 2.75) is 26.5 Å². The number of amides is 1. The molecule has 1 aliphatic rings. The Labute approximate surface area is 165 Å². The minimum Gasteiger partial charge on any atom is -0.488 e. The standard InChI is InChI=1S/C20H19N3O4S/c1-12(2)23-17(7-8-21-23)22-18(24)11-27-20(25)16-9-13-10-26-15-6-4-3-5-14(15)19(13)28-16/h3-9,12H,10-11H2,1-2H3,(H,22,24). The molecule has 2 aromatic heterocycles. The zero-order valence-electron chi connectivity index (χ0n) is 15.5. The minimum atomic E-state index is -0.524. The van der Waals surface area contributed by atoms with Gasteiger partial charge in [-0.2, -0.15) is 5.10 Å². The van der Waals surface area contributed by atoms with Gasteiger partial charge in [0.2, 0.25) is 0 Å². The number of thiophene rings is 1. The molecule has 8 heteroatoms. The third kappa shape index (κ3) is 3.50. The van der Waals surface area contributed by atoms with Gasteiger partial charge in [-0.15, -0.1) is 11.3 Å². The van der Waals surface area contributed by atoms with E-state index in [4.69, 9.17) is 9.47 Å². The van der Waals surface area contributed by atoms with Gasteiger partial charge >= 0.3 is 5.97 Å². The number of para-hydroxylation sites is 1. The second kappa shape index (κ2) is 7.47. The van der Waals surface area contributed by atoms with Gasteiger partial charge in [0.05, 0.1) is 6.20 Å². The lowest BCUT2D eigenvalue weighted by atomic mass is 10.1. The van der Waals surface area contributed by atoms with Crippen LogP contribution in [0.25, 0.3) is 10.4 Å². The summed E-state index contributed by atoms with van der Waals surface area (Å²) in [6.45, 7) is 3.97. The summed E-state index contributed by atoms with van der Waals surface area (Å²) in [6, 6.07) is 11.3. The molecule has 0 bridgehead atoms. The predicted molar refractivity (Wildman–Crippen MR) is 106 cm³/mol. The molecular weight excluding hydrogens is 378 g/mol. The first-order chi connectivity index (χ1) is 13.5. The number of nitrogens with one attached hydrogen (secondary N) is 1. The molecule has 0 unspecified atom stereocenters. The molecule has 28 heavy (non-hydrogen) atoms. The molecule has 0 radical (unpaired) electrons. The first-order valence-corrected chi connectivity index (χ1v) is 9.70. The van der Waals surface area contributed by atoms with Gasteiger partial charge in [0.1, 0.15) is 23.1 Å². The second-order valence-electron chi connectivity index (χ2n) is 6.63. The van der Waals surface area contributed by atoms with Crippen LogP contribution in [0.3, 0.4) is 0 Å². The quantitative estimate of drug-likeness (QED) is 0.661. The molecule has 3 aromatic rings. The summed E-state index contributed by atoms with van der Waals surface area (Å²) in [7, 11) is 0. The van der Waals surface area contributed by atoms with Crippen LogP contribution in [-0.2, 0) is 16.1 Å². The highest BCUT2D eigenvalue weighted by Gasteiger charge is 2.23. The number of esters is 1. The maximum atomic E-state index is 12.4. The zero-order valence-corrected chi connectivity index (χ0v) is 16.3. The number of anilines is 1. The third-order valence-corrected chi connectivity index (χ3v) is 5.48. The molecule has 4 rings (SSSR count). The van der Waals surface area contributed by atoms with E-state index in [9.17, 15) is 9.59 Å². The topological polar surface area (TPSA) is 82.5 Å². The van der Waals surface area contributed by atoms with Gasteiger partial charge in [0, 0.05) is 28.1 Å². The lowest BCUT2D eigenvalue weighted by molar-refractivity contribution is -0.119. The van der Waals surface area contributed by atoms with Crippen LogP contribution in [0.5, 0.6) is 5.75 Å². The number of benzene rings is 1. The van der Waals surface area contributed by atoms with Crippen molar-refractivity contribution in [1.29, 1.82) is 0 Å². The fourth-order valence-electron chi connectivity index (χ4n) is 3.01.